The minimum atomic E-state index is -0.177. The zero-order chi connectivity index (χ0) is 15.2. The Labute approximate surface area is 127 Å². The Bertz CT molecular complexity index is 734. The first kappa shape index (κ1) is 14.3. The van der Waals surface area contributed by atoms with Crippen molar-refractivity contribution in [2.24, 2.45) is 0 Å². The molecule has 114 valence electrons. The van der Waals surface area contributed by atoms with E-state index in [0.717, 1.165) is 23.1 Å². The molecule has 3 rings (SSSR count). The van der Waals surface area contributed by atoms with Crippen LogP contribution in [0.3, 0.4) is 0 Å². The molecule has 6 heteroatoms. The Balaban J connectivity index is 1.41. The number of fused-ring (bicyclic) bond motifs is 1. The van der Waals surface area contributed by atoms with Crippen molar-refractivity contribution in [1.82, 2.24) is 15.5 Å². The number of para-hydroxylation sites is 1. The first-order chi connectivity index (χ1) is 10.8. The predicted octanol–water partition coefficient (Wildman–Crippen LogP) is 2.49. The van der Waals surface area contributed by atoms with Crippen LogP contribution in [-0.2, 0) is 11.3 Å². The number of carbonyl (C=O) groups is 1. The zero-order valence-corrected chi connectivity index (χ0v) is 12.0. The average Bonchev–Trinajstić information content (AvgIpc) is 3.19. The molecule has 0 atom stereocenters. The van der Waals surface area contributed by atoms with Crippen molar-refractivity contribution in [3.05, 3.63) is 54.1 Å². The molecule has 2 heterocycles. The van der Waals surface area contributed by atoms with Gasteiger partial charge in [0.05, 0.1) is 11.8 Å². The van der Waals surface area contributed by atoms with E-state index in [-0.39, 0.29) is 5.91 Å². The molecule has 1 amide bonds. The normalized spacial score (nSPS) is 10.9. The summed E-state index contributed by atoms with van der Waals surface area (Å²) in [7, 11) is 0. The van der Waals surface area contributed by atoms with Crippen LogP contribution in [0.2, 0.25) is 0 Å². The lowest BCUT2D eigenvalue weighted by atomic mass is 10.2. The van der Waals surface area contributed by atoms with Crippen LogP contribution in [0.15, 0.2) is 47.1 Å². The van der Waals surface area contributed by atoms with E-state index in [1.807, 2.05) is 36.4 Å². The van der Waals surface area contributed by atoms with Gasteiger partial charge in [-0.1, -0.05) is 18.2 Å². The van der Waals surface area contributed by atoms with Crippen molar-refractivity contribution >= 4 is 16.8 Å². The molecule has 0 aliphatic carbocycles. The van der Waals surface area contributed by atoms with Crippen molar-refractivity contribution in [3.63, 3.8) is 0 Å². The molecule has 0 aliphatic heterocycles. The van der Waals surface area contributed by atoms with Crippen LogP contribution in [0.25, 0.3) is 10.9 Å². The second-order valence-electron chi connectivity index (χ2n) is 4.86. The summed E-state index contributed by atoms with van der Waals surface area (Å²) in [5.41, 5.74) is 1.28. The molecule has 0 unspecified atom stereocenters. The topological polar surface area (TPSA) is 80.2 Å². The number of nitrogens with one attached hydrogen (secondary N) is 2. The van der Waals surface area contributed by atoms with Crippen molar-refractivity contribution in [2.45, 2.75) is 13.0 Å². The fourth-order valence-corrected chi connectivity index (χ4v) is 2.16. The summed E-state index contributed by atoms with van der Waals surface area (Å²) in [6.07, 6.45) is 2.35. The van der Waals surface area contributed by atoms with Crippen molar-refractivity contribution in [1.29, 1.82) is 0 Å². The molecular weight excluding hydrogens is 282 g/mol. The quantitative estimate of drug-likeness (QED) is 0.657. The van der Waals surface area contributed by atoms with Gasteiger partial charge in [0.1, 0.15) is 12.4 Å². The number of H-pyrrole nitrogens is 1. The summed E-state index contributed by atoms with van der Waals surface area (Å²) in [5, 5.41) is 10.6. The highest BCUT2D eigenvalue weighted by Gasteiger charge is 2.12. The van der Waals surface area contributed by atoms with Crippen LogP contribution >= 0.6 is 0 Å². The highest BCUT2D eigenvalue weighted by molar-refractivity contribution is 6.04. The second-order valence-corrected chi connectivity index (χ2v) is 4.86. The van der Waals surface area contributed by atoms with Crippen molar-refractivity contribution < 1.29 is 13.9 Å². The maximum atomic E-state index is 12.1. The number of hydrogen-bond acceptors (Lipinski definition) is 4. The number of furan rings is 1. The third-order valence-corrected chi connectivity index (χ3v) is 3.26. The largest absolute Gasteiger partial charge is 0.467 e. The number of aromatic amines is 1. The number of rotatable bonds is 7. The summed E-state index contributed by atoms with van der Waals surface area (Å²) in [5.74, 6) is 0.621. The zero-order valence-electron chi connectivity index (χ0n) is 12.0. The molecule has 3 aromatic rings. The summed E-state index contributed by atoms with van der Waals surface area (Å²) < 4.78 is 10.6. The molecule has 22 heavy (non-hydrogen) atoms. The molecule has 0 spiro atoms. The lowest BCUT2D eigenvalue weighted by Crippen LogP contribution is -2.25. The molecule has 2 N–H and O–H groups in total. The molecule has 0 saturated carbocycles. The molecule has 2 aromatic heterocycles. The van der Waals surface area contributed by atoms with E-state index < -0.39 is 0 Å². The summed E-state index contributed by atoms with van der Waals surface area (Å²) in [6, 6.07) is 11.2. The first-order valence-corrected chi connectivity index (χ1v) is 7.16. The number of ether oxygens (including phenoxy) is 1. The Kier molecular flexibility index (Phi) is 4.50. The van der Waals surface area contributed by atoms with E-state index in [1.54, 1.807) is 6.26 Å². The van der Waals surface area contributed by atoms with Gasteiger partial charge in [-0.3, -0.25) is 9.89 Å². The molecule has 0 fully saturated rings. The standard InChI is InChI=1S/C16H17N3O3/c20-16(15-13-6-1-2-7-14(13)18-19-15)17-8-4-9-21-11-12-5-3-10-22-12/h1-3,5-7,10H,4,8-9,11H2,(H,17,20)(H,18,19). The molecule has 0 bridgehead atoms. The Hall–Kier alpha value is -2.60. The van der Waals surface area contributed by atoms with Gasteiger partial charge in [0.2, 0.25) is 0 Å². The molecule has 0 saturated heterocycles. The van der Waals surface area contributed by atoms with Gasteiger partial charge in [-0.25, -0.2) is 0 Å². The van der Waals surface area contributed by atoms with E-state index in [1.165, 1.54) is 0 Å². The highest BCUT2D eigenvalue weighted by Crippen LogP contribution is 2.14. The molecule has 6 nitrogen and oxygen atoms in total. The van der Waals surface area contributed by atoms with Crippen LogP contribution in [0.1, 0.15) is 22.7 Å². The molecule has 0 aliphatic rings. The fraction of sp³-hybridized carbons (Fsp3) is 0.250. The minimum Gasteiger partial charge on any atom is -0.467 e. The summed E-state index contributed by atoms with van der Waals surface area (Å²) >= 11 is 0. The van der Waals surface area contributed by atoms with Gasteiger partial charge in [0.15, 0.2) is 5.69 Å². The highest BCUT2D eigenvalue weighted by atomic mass is 16.5. The van der Waals surface area contributed by atoms with Gasteiger partial charge in [-0.2, -0.15) is 5.10 Å². The predicted molar refractivity (Wildman–Crippen MR) is 81.4 cm³/mol. The smallest absolute Gasteiger partial charge is 0.272 e. The van der Waals surface area contributed by atoms with E-state index in [0.29, 0.717) is 25.5 Å². The SMILES string of the molecule is O=C(NCCCOCc1ccco1)c1n[nH]c2ccccc12. The van der Waals surface area contributed by atoms with E-state index in [9.17, 15) is 4.79 Å². The van der Waals surface area contributed by atoms with Crippen molar-refractivity contribution in [3.8, 4) is 0 Å². The van der Waals surface area contributed by atoms with Crippen LogP contribution in [0, 0.1) is 0 Å². The van der Waals surface area contributed by atoms with Crippen LogP contribution in [0.4, 0.5) is 0 Å². The Morgan fingerprint density at radius 1 is 1.27 bits per heavy atom. The van der Waals surface area contributed by atoms with Crippen molar-refractivity contribution in [2.75, 3.05) is 13.2 Å². The molecular formula is C16H17N3O3. The van der Waals surface area contributed by atoms with Gasteiger partial charge in [-0.15, -0.1) is 0 Å². The number of aromatic nitrogens is 2. The minimum absolute atomic E-state index is 0.177. The number of benzene rings is 1. The second kappa shape index (κ2) is 6.91. The summed E-state index contributed by atoms with van der Waals surface area (Å²) in [4.78, 5) is 12.1. The number of amides is 1. The van der Waals surface area contributed by atoms with Crippen LogP contribution in [-0.4, -0.2) is 29.3 Å². The van der Waals surface area contributed by atoms with Gasteiger partial charge < -0.3 is 14.5 Å². The first-order valence-electron chi connectivity index (χ1n) is 7.16. The van der Waals surface area contributed by atoms with Crippen LogP contribution in [0.5, 0.6) is 0 Å². The number of hydrogen-bond donors (Lipinski definition) is 2. The van der Waals surface area contributed by atoms with Gasteiger partial charge >= 0.3 is 0 Å². The lowest BCUT2D eigenvalue weighted by Gasteiger charge is -2.04. The Morgan fingerprint density at radius 3 is 3.05 bits per heavy atom. The monoisotopic (exact) mass is 299 g/mol. The number of nitrogens with zero attached hydrogens (tertiary/aromatic N) is 1. The maximum absolute atomic E-state index is 12.1. The third-order valence-electron chi connectivity index (χ3n) is 3.26. The molecule has 1 aromatic carbocycles. The van der Waals surface area contributed by atoms with E-state index in [4.69, 9.17) is 9.15 Å². The summed E-state index contributed by atoms with van der Waals surface area (Å²) in [6.45, 7) is 1.55. The maximum Gasteiger partial charge on any atom is 0.272 e. The molecule has 0 radical (unpaired) electrons. The van der Waals surface area contributed by atoms with Gasteiger partial charge in [-0.05, 0) is 24.6 Å². The van der Waals surface area contributed by atoms with Crippen LogP contribution < -0.4 is 5.32 Å². The third kappa shape index (κ3) is 3.35. The lowest BCUT2D eigenvalue weighted by molar-refractivity contribution is 0.0914. The van der Waals surface area contributed by atoms with E-state index in [2.05, 4.69) is 15.5 Å². The van der Waals surface area contributed by atoms with E-state index >= 15 is 0 Å². The average molecular weight is 299 g/mol. The fourth-order valence-electron chi connectivity index (χ4n) is 2.16. The van der Waals surface area contributed by atoms with Gasteiger partial charge in [0.25, 0.3) is 5.91 Å². The number of carbonyl (C=O) groups excluding carboxylic acids is 1. The van der Waals surface area contributed by atoms with Gasteiger partial charge in [0, 0.05) is 18.5 Å². The Morgan fingerprint density at radius 2 is 2.18 bits per heavy atom.